The number of phenols is 1. The number of aliphatic hydroxyl groups is 4. The molecule has 4 unspecified atom stereocenters. The Morgan fingerprint density at radius 2 is 1.18 bits per heavy atom. The highest BCUT2D eigenvalue weighted by atomic mass is 16.8. The lowest BCUT2D eigenvalue weighted by Gasteiger charge is -2.21. The Morgan fingerprint density at radius 1 is 0.692 bits per heavy atom. The minimum Gasteiger partial charge on any atom is -0.507 e. The van der Waals surface area contributed by atoms with E-state index in [0.29, 0.717) is 41.7 Å². The molecule has 0 spiro atoms. The fraction of sp³-hybridized carbons (Fsp3) is 0.520. The Morgan fingerprint density at radius 3 is 1.74 bits per heavy atom. The molecule has 65 heavy (non-hydrogen) atoms. The summed E-state index contributed by atoms with van der Waals surface area (Å²) in [7, 11) is 0. The highest BCUT2D eigenvalue weighted by Crippen LogP contribution is 2.34. The van der Waals surface area contributed by atoms with Crippen molar-refractivity contribution in [3.05, 3.63) is 88.5 Å². The lowest BCUT2D eigenvalue weighted by molar-refractivity contribution is -0.152. The van der Waals surface area contributed by atoms with Crippen LogP contribution in [0.25, 0.3) is 12.2 Å². The van der Waals surface area contributed by atoms with Crippen molar-refractivity contribution in [2.75, 3.05) is 13.2 Å². The summed E-state index contributed by atoms with van der Waals surface area (Å²) in [5, 5.41) is 50.2. The molecule has 15 heteroatoms. The van der Waals surface area contributed by atoms with Crippen molar-refractivity contribution >= 4 is 35.7 Å². The second kappa shape index (κ2) is 23.9. The molecule has 5 N–H and O–H groups in total. The van der Waals surface area contributed by atoms with Gasteiger partial charge in [0.1, 0.15) is 60.4 Å². The van der Waals surface area contributed by atoms with E-state index in [-0.39, 0.29) is 59.9 Å². The van der Waals surface area contributed by atoms with E-state index in [2.05, 4.69) is 0 Å². The van der Waals surface area contributed by atoms with E-state index in [0.717, 1.165) is 6.08 Å². The van der Waals surface area contributed by atoms with E-state index in [1.807, 2.05) is 32.9 Å². The number of rotatable bonds is 8. The second-order valence-corrected chi connectivity index (χ2v) is 17.2. The van der Waals surface area contributed by atoms with Gasteiger partial charge in [-0.1, -0.05) is 64.2 Å². The molecule has 0 aromatic heterocycles. The summed E-state index contributed by atoms with van der Waals surface area (Å²) in [4.78, 5) is 50.8. The minimum atomic E-state index is -1.59. The first kappa shape index (κ1) is 52.5. The van der Waals surface area contributed by atoms with Crippen molar-refractivity contribution < 1.29 is 73.1 Å². The Balaban J connectivity index is 0.000000286. The van der Waals surface area contributed by atoms with Crippen LogP contribution in [0, 0.1) is 18.8 Å². The van der Waals surface area contributed by atoms with Gasteiger partial charge in [-0.05, 0) is 107 Å². The summed E-state index contributed by atoms with van der Waals surface area (Å²) < 4.78 is 34.4. The zero-order chi connectivity index (χ0) is 48.2. The van der Waals surface area contributed by atoms with Gasteiger partial charge >= 0.3 is 11.9 Å². The van der Waals surface area contributed by atoms with Crippen molar-refractivity contribution in [2.24, 2.45) is 11.8 Å². The number of benzene rings is 2. The summed E-state index contributed by atoms with van der Waals surface area (Å²) in [5.41, 5.74) is 2.00. The third kappa shape index (κ3) is 14.9. The normalized spacial score (nSPS) is 29.0. The first-order chi connectivity index (χ1) is 30.6. The van der Waals surface area contributed by atoms with Crippen molar-refractivity contribution in [3.8, 4) is 17.2 Å². The number of hydrogen-bond donors (Lipinski definition) is 5. The van der Waals surface area contributed by atoms with Crippen LogP contribution in [0.2, 0.25) is 0 Å². The molecule has 10 atom stereocenters. The fourth-order valence-electron chi connectivity index (χ4n) is 6.85. The SMILES string of the molecule is CCC(O)COc1cc(C)c2c(c1)/C=C/C[C@@H]1OC(C)(C)OC1C(=O)/C=C\[C@@H](C)[C@H](C)OC2=O.CCC(O)COc1cc(O)c2c(c1)/C=C/C[C@H](O)C(O)C(=O)/C=C\[C@@H](C)[C@H](C)OC2=O. The Hall–Kier alpha value is -5.16. The molecule has 3 heterocycles. The van der Waals surface area contributed by atoms with Crippen LogP contribution < -0.4 is 9.47 Å². The number of aryl methyl sites for hydroxylation is 1. The van der Waals surface area contributed by atoms with Crippen LogP contribution in [0.3, 0.4) is 0 Å². The van der Waals surface area contributed by atoms with Crippen molar-refractivity contribution in [3.63, 3.8) is 0 Å². The number of fused-ring (bicyclic) bond motifs is 3. The highest BCUT2D eigenvalue weighted by molar-refractivity contribution is 5.98. The molecule has 0 saturated carbocycles. The van der Waals surface area contributed by atoms with Gasteiger partial charge in [0.2, 0.25) is 0 Å². The molecule has 0 amide bonds. The van der Waals surface area contributed by atoms with Gasteiger partial charge in [-0.3, -0.25) is 9.59 Å². The molecule has 1 saturated heterocycles. The first-order valence-corrected chi connectivity index (χ1v) is 22.2. The molecule has 3 aliphatic rings. The minimum absolute atomic E-state index is 0.0107. The van der Waals surface area contributed by atoms with Gasteiger partial charge in [0, 0.05) is 17.9 Å². The van der Waals surface area contributed by atoms with E-state index >= 15 is 0 Å². The zero-order valence-corrected chi connectivity index (χ0v) is 38.8. The number of esters is 2. The summed E-state index contributed by atoms with van der Waals surface area (Å²) in [5.74, 6) is -2.98. The number of ketones is 2. The van der Waals surface area contributed by atoms with Crippen LogP contribution in [0.5, 0.6) is 17.2 Å². The molecule has 0 aliphatic carbocycles. The summed E-state index contributed by atoms with van der Waals surface area (Å²) in [6.45, 7) is 16.3. The molecular weight excluding hydrogens is 841 g/mol. The quantitative estimate of drug-likeness (QED) is 0.181. The summed E-state index contributed by atoms with van der Waals surface area (Å²) in [6.07, 6.45) is 7.55. The molecule has 2 aromatic rings. The number of ether oxygens (including phenoxy) is 6. The van der Waals surface area contributed by atoms with Gasteiger partial charge in [-0.15, -0.1) is 0 Å². The number of aliphatic hydroxyl groups excluding tert-OH is 4. The maximum atomic E-state index is 13.1. The predicted molar refractivity (Wildman–Crippen MR) is 242 cm³/mol. The Bertz CT molecular complexity index is 2100. The molecule has 0 radical (unpaired) electrons. The van der Waals surface area contributed by atoms with Crippen molar-refractivity contribution in [1.29, 1.82) is 0 Å². The third-order valence-electron chi connectivity index (χ3n) is 11.4. The van der Waals surface area contributed by atoms with Crippen LogP contribution in [0.4, 0.5) is 0 Å². The Labute approximate surface area is 381 Å². The number of carbonyl (C=O) groups is 4. The van der Waals surface area contributed by atoms with Crippen LogP contribution >= 0.6 is 0 Å². The smallest absolute Gasteiger partial charge is 0.342 e. The number of hydrogen-bond acceptors (Lipinski definition) is 15. The van der Waals surface area contributed by atoms with E-state index in [1.54, 1.807) is 59.8 Å². The third-order valence-corrected chi connectivity index (χ3v) is 11.4. The lowest BCUT2D eigenvalue weighted by Crippen LogP contribution is -2.32. The molecule has 3 aliphatic heterocycles. The highest BCUT2D eigenvalue weighted by Gasteiger charge is 2.43. The van der Waals surface area contributed by atoms with E-state index in [9.17, 15) is 44.7 Å². The van der Waals surface area contributed by atoms with Crippen LogP contribution in [0.1, 0.15) is 118 Å². The monoisotopic (exact) mass is 906 g/mol. The fourth-order valence-corrected chi connectivity index (χ4v) is 6.85. The maximum absolute atomic E-state index is 13.1. The van der Waals surface area contributed by atoms with Crippen molar-refractivity contribution in [1.82, 2.24) is 0 Å². The van der Waals surface area contributed by atoms with E-state index in [1.165, 1.54) is 36.4 Å². The number of carbonyl (C=O) groups excluding carboxylic acids is 4. The summed E-state index contributed by atoms with van der Waals surface area (Å²) >= 11 is 0. The van der Waals surface area contributed by atoms with E-state index in [4.69, 9.17) is 28.4 Å². The van der Waals surface area contributed by atoms with Gasteiger partial charge in [0.15, 0.2) is 17.4 Å². The topological polar surface area (TPSA) is 225 Å². The Kier molecular flexibility index (Phi) is 19.3. The largest absolute Gasteiger partial charge is 0.507 e. The number of cyclic esters (lactones) is 2. The summed E-state index contributed by atoms with van der Waals surface area (Å²) in [6, 6.07) is 6.31. The van der Waals surface area contributed by atoms with Gasteiger partial charge < -0.3 is 54.0 Å². The molecule has 356 valence electrons. The van der Waals surface area contributed by atoms with Crippen molar-refractivity contribution in [2.45, 2.75) is 143 Å². The van der Waals surface area contributed by atoms with Gasteiger partial charge in [0.05, 0.1) is 30.0 Å². The standard InChI is InChI=1S/C27H36O7.C23H30O8/c1-7-20(28)15-31-21-13-17(3)24-19(14-21)9-8-10-23-25(34-27(5,6)33-23)22(29)12-11-16(2)18(4)32-26(24)30;1-4-16(24)12-30-17-10-15-6-5-7-18(25)22(28)19(26)9-8-13(2)14(3)31-23(29)21(15)20(27)11-17/h8-9,11-14,16,18,20,23,25,28H,7,10,15H2,1-6H3;5-6,8-11,13-14,16,18,22,24-25,27-28H,4,7,12H2,1-3H3/b9-8+,12-11-;6-5+,9-8-/t16-,18+,20?,23+,25?;13-,14+,16?,18+,22?/m11/s1. The predicted octanol–water partition coefficient (Wildman–Crippen LogP) is 6.38. The van der Waals surface area contributed by atoms with Crippen LogP contribution in [-0.4, -0.2) is 117 Å². The molecule has 1 fully saturated rings. The van der Waals surface area contributed by atoms with E-state index < -0.39 is 72.3 Å². The molecule has 15 nitrogen and oxygen atoms in total. The average Bonchev–Trinajstić information content (AvgIpc) is 3.57. The zero-order valence-electron chi connectivity index (χ0n) is 38.8. The maximum Gasteiger partial charge on any atom is 0.342 e. The van der Waals surface area contributed by atoms with Crippen LogP contribution in [-0.2, 0) is 28.5 Å². The van der Waals surface area contributed by atoms with Gasteiger partial charge in [0.25, 0.3) is 0 Å². The van der Waals surface area contributed by atoms with Gasteiger partial charge in [-0.2, -0.15) is 0 Å². The lowest BCUT2D eigenvalue weighted by atomic mass is 9.98. The van der Waals surface area contributed by atoms with Gasteiger partial charge in [-0.25, -0.2) is 9.59 Å². The molecule has 2 aromatic carbocycles. The second-order valence-electron chi connectivity index (χ2n) is 17.2. The number of phenolic OH excluding ortho intramolecular Hbond substituents is 1. The first-order valence-electron chi connectivity index (χ1n) is 22.2. The van der Waals surface area contributed by atoms with Crippen LogP contribution in [0.15, 0.2) is 60.7 Å². The molecule has 5 rings (SSSR count). The number of aromatic hydroxyl groups is 1. The average molecular weight is 907 g/mol. The molecule has 0 bridgehead atoms. The molecular formula is C50H66O15.